The van der Waals surface area contributed by atoms with E-state index >= 15 is 0 Å². The fourth-order valence-corrected chi connectivity index (χ4v) is 2.90. The van der Waals surface area contributed by atoms with Crippen LogP contribution in [0.25, 0.3) is 0 Å². The molecule has 2 amide bonds. The molecule has 26 heavy (non-hydrogen) atoms. The molecule has 0 saturated carbocycles. The van der Waals surface area contributed by atoms with Crippen molar-refractivity contribution in [2.45, 2.75) is 39.0 Å². The fraction of sp³-hybridized carbons (Fsp3) is 0.526. The largest absolute Gasteiger partial charge is 0.493 e. The molecule has 1 aliphatic heterocycles. The summed E-state index contributed by atoms with van der Waals surface area (Å²) in [5.74, 6) is 1.10. The van der Waals surface area contributed by atoms with Gasteiger partial charge in [0, 0.05) is 25.1 Å². The lowest BCUT2D eigenvalue weighted by Crippen LogP contribution is -2.39. The number of carbonyl (C=O) groups is 2. The molecular formula is C19H27N3O4. The quantitative estimate of drug-likeness (QED) is 0.596. The first kappa shape index (κ1) is 19.8. The Morgan fingerprint density at radius 3 is 2.69 bits per heavy atom. The van der Waals surface area contributed by atoms with Gasteiger partial charge in [0.1, 0.15) is 6.54 Å². The van der Waals surface area contributed by atoms with Gasteiger partial charge in [-0.1, -0.05) is 12.5 Å². The number of hydrazone groups is 1. The molecule has 1 N–H and O–H groups in total. The van der Waals surface area contributed by atoms with Gasteiger partial charge in [0.25, 0.3) is 5.91 Å². The van der Waals surface area contributed by atoms with Gasteiger partial charge < -0.3 is 14.4 Å². The van der Waals surface area contributed by atoms with Crippen LogP contribution in [-0.2, 0) is 16.0 Å². The van der Waals surface area contributed by atoms with Crippen molar-refractivity contribution >= 4 is 17.5 Å². The molecule has 0 bridgehead atoms. The van der Waals surface area contributed by atoms with Crippen molar-refractivity contribution in [3.8, 4) is 11.5 Å². The van der Waals surface area contributed by atoms with Gasteiger partial charge in [0.15, 0.2) is 11.5 Å². The SMILES string of the molecule is COc1ccc(C/C(C)=N\NC(=O)CN2CCCCCC2=O)cc1OC. The predicted octanol–water partition coefficient (Wildman–Crippen LogP) is 2.14. The van der Waals surface area contributed by atoms with Crippen LogP contribution in [0.15, 0.2) is 23.3 Å². The van der Waals surface area contributed by atoms with Crippen molar-refractivity contribution in [3.63, 3.8) is 0 Å². The maximum Gasteiger partial charge on any atom is 0.259 e. The monoisotopic (exact) mass is 361 g/mol. The summed E-state index contributed by atoms with van der Waals surface area (Å²) in [6, 6.07) is 5.65. The second-order valence-corrected chi connectivity index (χ2v) is 6.37. The third-order valence-electron chi connectivity index (χ3n) is 4.29. The Labute approximate surface area is 154 Å². The summed E-state index contributed by atoms with van der Waals surface area (Å²) < 4.78 is 10.5. The second kappa shape index (κ2) is 9.79. The average Bonchev–Trinajstić information content (AvgIpc) is 2.84. The zero-order valence-corrected chi connectivity index (χ0v) is 15.7. The lowest BCUT2D eigenvalue weighted by Gasteiger charge is -2.19. The van der Waals surface area contributed by atoms with Crippen molar-refractivity contribution in [2.24, 2.45) is 5.10 Å². The minimum atomic E-state index is -0.271. The molecule has 1 aliphatic rings. The molecule has 0 aliphatic carbocycles. The molecule has 0 unspecified atom stereocenters. The average molecular weight is 361 g/mol. The molecule has 0 spiro atoms. The number of ether oxygens (including phenoxy) is 2. The molecule has 0 atom stereocenters. The van der Waals surface area contributed by atoms with E-state index in [0.717, 1.165) is 30.5 Å². The zero-order chi connectivity index (χ0) is 18.9. The second-order valence-electron chi connectivity index (χ2n) is 6.37. The molecule has 1 aromatic carbocycles. The first-order valence-corrected chi connectivity index (χ1v) is 8.84. The number of methoxy groups -OCH3 is 2. The Hall–Kier alpha value is -2.57. The standard InChI is InChI=1S/C19H27N3O4/c1-14(11-15-8-9-16(25-2)17(12-15)26-3)20-21-18(23)13-22-10-6-4-5-7-19(22)24/h8-9,12H,4-7,10-11,13H2,1-3H3,(H,21,23)/b20-14-. The number of nitrogens with one attached hydrogen (secondary N) is 1. The molecule has 0 aromatic heterocycles. The zero-order valence-electron chi connectivity index (χ0n) is 15.7. The number of benzene rings is 1. The third-order valence-corrected chi connectivity index (χ3v) is 4.29. The van der Waals surface area contributed by atoms with E-state index in [1.54, 1.807) is 19.1 Å². The Morgan fingerprint density at radius 1 is 1.19 bits per heavy atom. The Morgan fingerprint density at radius 2 is 1.96 bits per heavy atom. The van der Waals surface area contributed by atoms with Gasteiger partial charge in [0.2, 0.25) is 5.91 Å². The van der Waals surface area contributed by atoms with E-state index in [9.17, 15) is 9.59 Å². The van der Waals surface area contributed by atoms with Crippen LogP contribution in [-0.4, -0.2) is 49.7 Å². The van der Waals surface area contributed by atoms with Crippen LogP contribution in [0, 0.1) is 0 Å². The van der Waals surface area contributed by atoms with Crippen LogP contribution in [0.4, 0.5) is 0 Å². The fourth-order valence-electron chi connectivity index (χ4n) is 2.90. The van der Waals surface area contributed by atoms with Crippen LogP contribution < -0.4 is 14.9 Å². The van der Waals surface area contributed by atoms with Crippen LogP contribution in [0.3, 0.4) is 0 Å². The summed E-state index contributed by atoms with van der Waals surface area (Å²) in [5.41, 5.74) is 4.30. The number of rotatable bonds is 7. The smallest absolute Gasteiger partial charge is 0.259 e. The summed E-state index contributed by atoms with van der Waals surface area (Å²) >= 11 is 0. The normalized spacial score (nSPS) is 15.4. The Balaban J connectivity index is 1.89. The van der Waals surface area contributed by atoms with Crippen molar-refractivity contribution in [1.29, 1.82) is 0 Å². The predicted molar refractivity (Wildman–Crippen MR) is 99.5 cm³/mol. The van der Waals surface area contributed by atoms with Gasteiger partial charge in [-0.25, -0.2) is 5.43 Å². The summed E-state index contributed by atoms with van der Waals surface area (Å²) in [5, 5.41) is 4.14. The van der Waals surface area contributed by atoms with Crippen molar-refractivity contribution in [3.05, 3.63) is 23.8 Å². The van der Waals surface area contributed by atoms with E-state index in [4.69, 9.17) is 9.47 Å². The van der Waals surface area contributed by atoms with Crippen molar-refractivity contribution < 1.29 is 19.1 Å². The maximum absolute atomic E-state index is 12.1. The van der Waals surface area contributed by atoms with E-state index in [0.29, 0.717) is 30.9 Å². The Kier molecular flexibility index (Phi) is 7.44. The van der Waals surface area contributed by atoms with Gasteiger partial charge >= 0.3 is 0 Å². The highest BCUT2D eigenvalue weighted by atomic mass is 16.5. The number of carbonyl (C=O) groups excluding carboxylic acids is 2. The number of likely N-dealkylation sites (tertiary alicyclic amines) is 1. The van der Waals surface area contributed by atoms with E-state index in [1.807, 2.05) is 25.1 Å². The van der Waals surface area contributed by atoms with Gasteiger partial charge in [0.05, 0.1) is 14.2 Å². The molecular weight excluding hydrogens is 334 g/mol. The molecule has 2 rings (SSSR count). The number of hydrogen-bond donors (Lipinski definition) is 1. The summed E-state index contributed by atoms with van der Waals surface area (Å²) in [6.45, 7) is 2.54. The van der Waals surface area contributed by atoms with Crippen molar-refractivity contribution in [2.75, 3.05) is 27.3 Å². The van der Waals surface area contributed by atoms with Gasteiger partial charge in [-0.2, -0.15) is 5.10 Å². The molecule has 142 valence electrons. The molecule has 1 saturated heterocycles. The molecule has 7 heteroatoms. The molecule has 0 radical (unpaired) electrons. The van der Waals surface area contributed by atoms with E-state index in [1.165, 1.54) is 0 Å². The lowest BCUT2D eigenvalue weighted by molar-refractivity contribution is -0.135. The highest BCUT2D eigenvalue weighted by Gasteiger charge is 2.18. The van der Waals surface area contributed by atoms with E-state index in [2.05, 4.69) is 10.5 Å². The van der Waals surface area contributed by atoms with Gasteiger partial charge in [-0.05, 0) is 37.5 Å². The maximum atomic E-state index is 12.1. The highest BCUT2D eigenvalue weighted by Crippen LogP contribution is 2.27. The van der Waals surface area contributed by atoms with Crippen LogP contribution >= 0.6 is 0 Å². The topological polar surface area (TPSA) is 80.2 Å². The molecule has 7 nitrogen and oxygen atoms in total. The van der Waals surface area contributed by atoms with Crippen LogP contribution in [0.5, 0.6) is 11.5 Å². The number of nitrogens with zero attached hydrogens (tertiary/aromatic N) is 2. The number of hydrogen-bond acceptors (Lipinski definition) is 5. The Bertz CT molecular complexity index is 673. The van der Waals surface area contributed by atoms with E-state index < -0.39 is 0 Å². The summed E-state index contributed by atoms with van der Waals surface area (Å²) in [4.78, 5) is 25.6. The first-order valence-electron chi connectivity index (χ1n) is 8.84. The minimum absolute atomic E-state index is 0.0451. The summed E-state index contributed by atoms with van der Waals surface area (Å²) in [7, 11) is 3.18. The lowest BCUT2D eigenvalue weighted by atomic mass is 10.1. The molecule has 1 fully saturated rings. The van der Waals surface area contributed by atoms with Crippen molar-refractivity contribution in [1.82, 2.24) is 10.3 Å². The van der Waals surface area contributed by atoms with Gasteiger partial charge in [-0.3, -0.25) is 9.59 Å². The third kappa shape index (κ3) is 5.75. The van der Waals surface area contributed by atoms with Crippen LogP contribution in [0.2, 0.25) is 0 Å². The molecule has 1 heterocycles. The highest BCUT2D eigenvalue weighted by molar-refractivity contribution is 5.88. The number of amides is 2. The molecule has 1 aromatic rings. The van der Waals surface area contributed by atoms with Crippen LogP contribution in [0.1, 0.15) is 38.2 Å². The first-order chi connectivity index (χ1) is 12.5. The van der Waals surface area contributed by atoms with E-state index in [-0.39, 0.29) is 18.4 Å². The summed E-state index contributed by atoms with van der Waals surface area (Å²) in [6.07, 6.45) is 3.98. The van der Waals surface area contributed by atoms with Gasteiger partial charge in [-0.15, -0.1) is 0 Å². The minimum Gasteiger partial charge on any atom is -0.493 e.